The van der Waals surface area contributed by atoms with Gasteiger partial charge in [-0.1, -0.05) is 33.8 Å². The maximum absolute atomic E-state index is 13.4. The topological polar surface area (TPSA) is 0 Å². The van der Waals surface area contributed by atoms with Crippen LogP contribution in [0.5, 0.6) is 0 Å². The van der Waals surface area contributed by atoms with Crippen molar-refractivity contribution in [3.05, 3.63) is 34.7 Å². The summed E-state index contributed by atoms with van der Waals surface area (Å²) in [7, 11) is -1.78. The second-order valence-corrected chi connectivity index (χ2v) is 7.69. The van der Waals surface area contributed by atoms with Crippen LogP contribution in [-0.4, -0.2) is 0 Å². The van der Waals surface area contributed by atoms with Gasteiger partial charge < -0.3 is 0 Å². The van der Waals surface area contributed by atoms with Gasteiger partial charge in [0.2, 0.25) is 0 Å². The van der Waals surface area contributed by atoms with Gasteiger partial charge in [0.25, 0.3) is 0 Å². The minimum Gasteiger partial charge on any atom is -0.118 e. The molecule has 0 amide bonds. The second kappa shape index (κ2) is 4.51. The minimum atomic E-state index is -4.20. The van der Waals surface area contributed by atoms with E-state index in [0.717, 1.165) is 17.4 Å². The Balaban J connectivity index is 2.83. The lowest BCUT2D eigenvalue weighted by Gasteiger charge is -2.13. The normalized spacial score (nSPS) is 14.2. The molecule has 19 heavy (non-hydrogen) atoms. The summed E-state index contributed by atoms with van der Waals surface area (Å²) < 4.78 is 40.7. The molecule has 104 valence electrons. The van der Waals surface area contributed by atoms with Crippen molar-refractivity contribution in [1.29, 1.82) is 0 Å². The zero-order valence-corrected chi connectivity index (χ0v) is 12.4. The maximum Gasteiger partial charge on any atom is 0.600 e. The fourth-order valence-electron chi connectivity index (χ4n) is 2.19. The molecule has 1 unspecified atom stereocenters. The number of alkyl halides is 3. The van der Waals surface area contributed by atoms with Gasteiger partial charge in [-0.3, -0.25) is 0 Å². The molecule has 2 aromatic rings. The molecule has 0 spiro atoms. The average molecular weight is 287 g/mol. The first-order valence-electron chi connectivity index (χ1n) is 6.31. The Morgan fingerprint density at radius 3 is 2.16 bits per heavy atom. The van der Waals surface area contributed by atoms with E-state index in [1.807, 2.05) is 39.8 Å². The highest BCUT2D eigenvalue weighted by atomic mass is 32.2. The van der Waals surface area contributed by atoms with Gasteiger partial charge in [-0.05, 0) is 18.1 Å². The van der Waals surface area contributed by atoms with Gasteiger partial charge in [-0.15, -0.1) is 13.2 Å². The molecule has 0 N–H and O–H groups in total. The molecular weight excluding hydrogens is 269 g/mol. The number of halogens is 3. The van der Waals surface area contributed by atoms with E-state index < -0.39 is 21.4 Å². The van der Waals surface area contributed by atoms with Crippen molar-refractivity contribution >= 4 is 20.6 Å². The molecule has 0 aliphatic rings. The summed E-state index contributed by atoms with van der Waals surface area (Å²) in [6.45, 7) is 7.49. The lowest BCUT2D eigenvalue weighted by atomic mass is 9.94. The Bertz CT molecular complexity index is 600. The first kappa shape index (κ1) is 14.4. The summed E-state index contributed by atoms with van der Waals surface area (Å²) in [4.78, 5) is 0.489. The Hall–Kier alpha value is -1.03. The highest BCUT2D eigenvalue weighted by molar-refractivity contribution is 7.38. The van der Waals surface area contributed by atoms with Crippen molar-refractivity contribution < 1.29 is 13.2 Å². The van der Waals surface area contributed by atoms with E-state index in [0.29, 0.717) is 9.58 Å². The molecule has 1 atom stereocenters. The summed E-state index contributed by atoms with van der Waals surface area (Å²) in [5, 5.41) is 0.725. The number of hydrogen-bond acceptors (Lipinski definition) is 0. The van der Waals surface area contributed by atoms with Crippen LogP contribution in [0.4, 0.5) is 13.2 Å². The van der Waals surface area contributed by atoms with E-state index in [-0.39, 0.29) is 0 Å². The minimum absolute atomic E-state index is 0.441. The highest BCUT2D eigenvalue weighted by Gasteiger charge is 2.50. The third kappa shape index (κ3) is 2.64. The van der Waals surface area contributed by atoms with Crippen LogP contribution in [0.1, 0.15) is 38.1 Å². The third-order valence-corrected chi connectivity index (χ3v) is 5.61. The van der Waals surface area contributed by atoms with Gasteiger partial charge in [0, 0.05) is 22.9 Å². The Kier molecular flexibility index (Phi) is 3.42. The number of fused-ring (bicyclic) bond motifs is 1. The van der Waals surface area contributed by atoms with Gasteiger partial charge in [-0.25, -0.2) is 0 Å². The largest absolute Gasteiger partial charge is 0.600 e. The number of hydrogen-bond donors (Lipinski definition) is 0. The second-order valence-electron chi connectivity index (χ2n) is 5.74. The standard InChI is InChI=1S/C15H18F3S/c1-5-10-6-7-11-9-13(14(2,3)4)19(12(11)8-10)15(16,17)18/h6-9H,5H2,1-4H3/q+1. The van der Waals surface area contributed by atoms with Crippen LogP contribution in [0.2, 0.25) is 0 Å². The summed E-state index contributed by atoms with van der Waals surface area (Å²) in [6, 6.07) is 7.18. The smallest absolute Gasteiger partial charge is 0.118 e. The van der Waals surface area contributed by atoms with Gasteiger partial charge in [-0.2, -0.15) is 0 Å². The molecule has 4 heteroatoms. The van der Waals surface area contributed by atoms with Crippen molar-refractivity contribution in [3.63, 3.8) is 0 Å². The first-order chi connectivity index (χ1) is 8.64. The van der Waals surface area contributed by atoms with Crippen molar-refractivity contribution in [2.45, 2.75) is 45.0 Å². The van der Waals surface area contributed by atoms with Crippen molar-refractivity contribution in [3.8, 4) is 0 Å². The predicted octanol–water partition coefficient (Wildman–Crippen LogP) is 5.93. The van der Waals surface area contributed by atoms with Gasteiger partial charge in [0.1, 0.15) is 0 Å². The number of rotatable bonds is 1. The third-order valence-electron chi connectivity index (χ3n) is 3.18. The van der Waals surface area contributed by atoms with Crippen molar-refractivity contribution in [2.75, 3.05) is 0 Å². The lowest BCUT2D eigenvalue weighted by Crippen LogP contribution is -2.12. The molecule has 0 aliphatic carbocycles. The summed E-state index contributed by atoms with van der Waals surface area (Å²) >= 11 is 0. The van der Waals surface area contributed by atoms with Crippen molar-refractivity contribution in [1.82, 2.24) is 0 Å². The Labute approximate surface area is 114 Å². The van der Waals surface area contributed by atoms with E-state index in [2.05, 4.69) is 0 Å². The number of benzene rings is 1. The Morgan fingerprint density at radius 2 is 1.68 bits per heavy atom. The zero-order valence-electron chi connectivity index (χ0n) is 11.6. The molecule has 0 radical (unpaired) electrons. The average Bonchev–Trinajstić information content (AvgIpc) is 2.66. The van der Waals surface area contributed by atoms with Crippen LogP contribution in [0.3, 0.4) is 0 Å². The van der Waals surface area contributed by atoms with Crippen LogP contribution < -0.4 is 0 Å². The molecule has 0 bridgehead atoms. The molecule has 0 saturated carbocycles. The summed E-state index contributed by atoms with van der Waals surface area (Å²) in [5.74, 6) is 0. The lowest BCUT2D eigenvalue weighted by molar-refractivity contribution is -0.0869. The van der Waals surface area contributed by atoms with Gasteiger partial charge in [0.05, 0.1) is 10.5 Å². The quantitative estimate of drug-likeness (QED) is 0.571. The van der Waals surface area contributed by atoms with E-state index in [1.165, 1.54) is 0 Å². The Morgan fingerprint density at radius 1 is 1.05 bits per heavy atom. The maximum atomic E-state index is 13.4. The monoisotopic (exact) mass is 287 g/mol. The van der Waals surface area contributed by atoms with Crippen LogP contribution in [0, 0.1) is 0 Å². The van der Waals surface area contributed by atoms with Crippen molar-refractivity contribution in [2.24, 2.45) is 0 Å². The molecule has 0 aliphatic heterocycles. The van der Waals surface area contributed by atoms with E-state index in [1.54, 1.807) is 12.1 Å². The highest BCUT2D eigenvalue weighted by Crippen LogP contribution is 2.54. The molecule has 1 aromatic carbocycles. The summed E-state index contributed by atoms with van der Waals surface area (Å²) in [5.41, 5.74) is -3.70. The van der Waals surface area contributed by atoms with Crippen LogP contribution in [0.25, 0.3) is 10.1 Å². The predicted molar refractivity (Wildman–Crippen MR) is 75.8 cm³/mol. The molecule has 0 nitrogen and oxygen atoms in total. The van der Waals surface area contributed by atoms with Crippen LogP contribution in [0.15, 0.2) is 24.3 Å². The molecule has 1 heterocycles. The molecule has 1 aromatic heterocycles. The van der Waals surface area contributed by atoms with Gasteiger partial charge >= 0.3 is 5.51 Å². The zero-order chi connectivity index (χ0) is 14.4. The number of thiophene rings is 1. The molecule has 0 saturated heterocycles. The molecule has 0 fully saturated rings. The van der Waals surface area contributed by atoms with E-state index in [4.69, 9.17) is 0 Å². The first-order valence-corrected chi connectivity index (χ1v) is 7.53. The van der Waals surface area contributed by atoms with E-state index >= 15 is 0 Å². The van der Waals surface area contributed by atoms with Crippen LogP contribution in [-0.2, 0) is 17.3 Å². The fourth-order valence-corrected chi connectivity index (χ4v) is 4.41. The fraction of sp³-hybridized carbons (Fsp3) is 0.467. The van der Waals surface area contributed by atoms with Crippen LogP contribution >= 0.6 is 10.5 Å². The number of aryl methyl sites for hydroxylation is 1. The van der Waals surface area contributed by atoms with Gasteiger partial charge in [0.15, 0.2) is 9.58 Å². The van der Waals surface area contributed by atoms with E-state index in [9.17, 15) is 13.2 Å². The molecular formula is C15H18F3S+. The SMILES string of the molecule is CCc1ccc2cc(C(C)(C)C)[s+](C(F)(F)F)c2c1. The molecule has 2 rings (SSSR count). The summed E-state index contributed by atoms with van der Waals surface area (Å²) in [6.07, 6.45) is 0.757.